The van der Waals surface area contributed by atoms with Gasteiger partial charge in [0.25, 0.3) is 5.91 Å². The number of nitrogens with one attached hydrogen (secondary N) is 1. The average molecular weight is 312 g/mol. The molecule has 5 heteroatoms. The lowest BCUT2D eigenvalue weighted by Crippen LogP contribution is -2.19. The smallest absolute Gasteiger partial charge is 0.339 e. The van der Waals surface area contributed by atoms with E-state index in [1.165, 1.54) is 25.4 Å². The van der Waals surface area contributed by atoms with E-state index >= 15 is 0 Å². The zero-order valence-electron chi connectivity index (χ0n) is 13.7. The Balaban J connectivity index is 2.22. The van der Waals surface area contributed by atoms with Gasteiger partial charge in [-0.3, -0.25) is 9.78 Å². The molecule has 1 aromatic carbocycles. The minimum Gasteiger partial charge on any atom is -0.465 e. The van der Waals surface area contributed by atoms with Gasteiger partial charge in [-0.05, 0) is 29.2 Å². The highest BCUT2D eigenvalue weighted by atomic mass is 16.5. The number of para-hydroxylation sites is 1. The van der Waals surface area contributed by atoms with Crippen LogP contribution < -0.4 is 5.32 Å². The lowest BCUT2D eigenvalue weighted by atomic mass is 9.86. The highest BCUT2D eigenvalue weighted by Crippen LogP contribution is 2.29. The molecule has 2 aromatic rings. The number of benzene rings is 1. The van der Waals surface area contributed by atoms with Crippen LogP contribution in [0.5, 0.6) is 0 Å². The average Bonchev–Trinajstić information content (AvgIpc) is 2.53. The van der Waals surface area contributed by atoms with E-state index in [1.807, 2.05) is 24.3 Å². The zero-order valence-corrected chi connectivity index (χ0v) is 13.7. The van der Waals surface area contributed by atoms with Crippen LogP contribution in [-0.2, 0) is 10.2 Å². The van der Waals surface area contributed by atoms with E-state index in [4.69, 9.17) is 0 Å². The molecule has 0 atom stereocenters. The lowest BCUT2D eigenvalue weighted by Gasteiger charge is -2.22. The molecule has 0 aliphatic rings. The molecule has 1 amide bonds. The fourth-order valence-corrected chi connectivity index (χ4v) is 2.20. The van der Waals surface area contributed by atoms with Crippen LogP contribution in [0.15, 0.2) is 42.6 Å². The molecule has 0 unspecified atom stereocenters. The van der Waals surface area contributed by atoms with Crippen LogP contribution in [0.3, 0.4) is 0 Å². The first-order valence-electron chi connectivity index (χ1n) is 7.28. The monoisotopic (exact) mass is 312 g/mol. The molecular weight excluding hydrogens is 292 g/mol. The van der Waals surface area contributed by atoms with Crippen LogP contribution in [0.2, 0.25) is 0 Å². The number of hydrogen-bond donors (Lipinski definition) is 1. The molecule has 120 valence electrons. The highest BCUT2D eigenvalue weighted by Gasteiger charge is 2.19. The van der Waals surface area contributed by atoms with Crippen LogP contribution in [0.1, 0.15) is 47.2 Å². The number of carbonyl (C=O) groups excluding carboxylic acids is 2. The first-order valence-corrected chi connectivity index (χ1v) is 7.28. The molecule has 0 radical (unpaired) electrons. The summed E-state index contributed by atoms with van der Waals surface area (Å²) < 4.78 is 4.61. The van der Waals surface area contributed by atoms with Gasteiger partial charge in [-0.15, -0.1) is 0 Å². The van der Waals surface area contributed by atoms with Gasteiger partial charge >= 0.3 is 5.97 Å². The number of ether oxygens (including phenoxy) is 1. The Labute approximate surface area is 135 Å². The van der Waals surface area contributed by atoms with Gasteiger partial charge in [-0.25, -0.2) is 4.79 Å². The fraction of sp³-hybridized carbons (Fsp3) is 0.278. The van der Waals surface area contributed by atoms with Crippen molar-refractivity contribution in [3.8, 4) is 0 Å². The van der Waals surface area contributed by atoms with Crippen molar-refractivity contribution in [2.45, 2.75) is 26.2 Å². The molecule has 0 spiro atoms. The van der Waals surface area contributed by atoms with E-state index < -0.39 is 5.97 Å². The van der Waals surface area contributed by atoms with Gasteiger partial charge in [0.15, 0.2) is 0 Å². The summed E-state index contributed by atoms with van der Waals surface area (Å²) in [5, 5.41) is 2.88. The number of pyridine rings is 1. The van der Waals surface area contributed by atoms with E-state index in [1.54, 1.807) is 0 Å². The van der Waals surface area contributed by atoms with Crippen LogP contribution in [0.25, 0.3) is 0 Å². The third-order valence-electron chi connectivity index (χ3n) is 3.40. The summed E-state index contributed by atoms with van der Waals surface area (Å²) in [5.41, 5.74) is 2.25. The number of aromatic nitrogens is 1. The Hall–Kier alpha value is -2.69. The van der Waals surface area contributed by atoms with Crippen molar-refractivity contribution in [2.24, 2.45) is 0 Å². The second-order valence-electron chi connectivity index (χ2n) is 6.17. The topological polar surface area (TPSA) is 68.3 Å². The summed E-state index contributed by atoms with van der Waals surface area (Å²) in [4.78, 5) is 27.8. The maximum Gasteiger partial charge on any atom is 0.339 e. The number of anilines is 1. The predicted molar refractivity (Wildman–Crippen MR) is 88.7 cm³/mol. The molecule has 0 aliphatic heterocycles. The van der Waals surface area contributed by atoms with Crippen molar-refractivity contribution in [1.82, 2.24) is 4.98 Å². The van der Waals surface area contributed by atoms with Crippen LogP contribution in [0.4, 0.5) is 5.69 Å². The molecule has 23 heavy (non-hydrogen) atoms. The van der Waals surface area contributed by atoms with Gasteiger partial charge < -0.3 is 10.1 Å². The standard InChI is InChI=1S/C18H20N2O3/c1-18(2,3)13-7-5-6-8-14(13)20-16(21)15-10-9-12(11-19-15)17(22)23-4/h5-11H,1-4H3,(H,20,21). The molecule has 2 rings (SSSR count). The predicted octanol–water partition coefficient (Wildman–Crippen LogP) is 3.42. The normalized spacial score (nSPS) is 11.0. The number of hydrogen-bond acceptors (Lipinski definition) is 4. The summed E-state index contributed by atoms with van der Waals surface area (Å²) in [6.07, 6.45) is 1.33. The van der Waals surface area contributed by atoms with Crippen molar-refractivity contribution >= 4 is 17.6 Å². The minimum atomic E-state index is -0.484. The van der Waals surface area contributed by atoms with Crippen molar-refractivity contribution in [3.63, 3.8) is 0 Å². The second kappa shape index (κ2) is 6.60. The Morgan fingerprint density at radius 1 is 1.09 bits per heavy atom. The first-order chi connectivity index (χ1) is 10.8. The summed E-state index contributed by atoms with van der Waals surface area (Å²) in [6.45, 7) is 6.25. The zero-order chi connectivity index (χ0) is 17.0. The third-order valence-corrected chi connectivity index (χ3v) is 3.40. The van der Waals surface area contributed by atoms with Gasteiger partial charge in [0, 0.05) is 11.9 Å². The van der Waals surface area contributed by atoms with Crippen LogP contribution in [-0.4, -0.2) is 24.0 Å². The summed E-state index contributed by atoms with van der Waals surface area (Å²) >= 11 is 0. The number of methoxy groups -OCH3 is 1. The molecular formula is C18H20N2O3. The number of nitrogens with zero attached hydrogens (tertiary/aromatic N) is 1. The van der Waals surface area contributed by atoms with Gasteiger partial charge in [0.1, 0.15) is 5.69 Å². The third kappa shape index (κ3) is 3.94. The van der Waals surface area contributed by atoms with E-state index in [0.29, 0.717) is 5.56 Å². The molecule has 1 aromatic heterocycles. The van der Waals surface area contributed by atoms with Gasteiger partial charge in [-0.2, -0.15) is 0 Å². The minimum absolute atomic E-state index is 0.0912. The van der Waals surface area contributed by atoms with E-state index in [0.717, 1.165) is 11.3 Å². The number of amides is 1. The second-order valence-corrected chi connectivity index (χ2v) is 6.17. The SMILES string of the molecule is COC(=O)c1ccc(C(=O)Nc2ccccc2C(C)(C)C)nc1. The largest absolute Gasteiger partial charge is 0.465 e. The van der Waals surface area contributed by atoms with Crippen molar-refractivity contribution in [3.05, 3.63) is 59.4 Å². The fourth-order valence-electron chi connectivity index (χ4n) is 2.20. The number of esters is 1. The van der Waals surface area contributed by atoms with Crippen molar-refractivity contribution in [2.75, 3.05) is 12.4 Å². The molecule has 0 saturated heterocycles. The van der Waals surface area contributed by atoms with E-state index in [9.17, 15) is 9.59 Å². The maximum absolute atomic E-state index is 12.4. The Bertz CT molecular complexity index is 716. The maximum atomic E-state index is 12.4. The highest BCUT2D eigenvalue weighted by molar-refractivity contribution is 6.03. The van der Waals surface area contributed by atoms with Crippen molar-refractivity contribution in [1.29, 1.82) is 0 Å². The molecule has 0 saturated carbocycles. The molecule has 0 fully saturated rings. The number of carbonyl (C=O) groups is 2. The molecule has 0 aliphatic carbocycles. The van der Waals surface area contributed by atoms with E-state index in [-0.39, 0.29) is 17.0 Å². The molecule has 1 heterocycles. The Kier molecular flexibility index (Phi) is 4.79. The molecule has 5 nitrogen and oxygen atoms in total. The Morgan fingerprint density at radius 2 is 1.78 bits per heavy atom. The molecule has 1 N–H and O–H groups in total. The Morgan fingerprint density at radius 3 is 2.35 bits per heavy atom. The number of rotatable bonds is 3. The van der Waals surface area contributed by atoms with Crippen LogP contribution in [0, 0.1) is 0 Å². The molecule has 0 bridgehead atoms. The quantitative estimate of drug-likeness (QED) is 0.882. The lowest BCUT2D eigenvalue weighted by molar-refractivity contribution is 0.0600. The van der Waals surface area contributed by atoms with Crippen molar-refractivity contribution < 1.29 is 14.3 Å². The van der Waals surface area contributed by atoms with Gasteiger partial charge in [0.2, 0.25) is 0 Å². The van der Waals surface area contributed by atoms with Gasteiger partial charge in [0.05, 0.1) is 12.7 Å². The summed E-state index contributed by atoms with van der Waals surface area (Å²) in [6, 6.07) is 10.7. The summed E-state index contributed by atoms with van der Waals surface area (Å²) in [7, 11) is 1.30. The first kappa shape index (κ1) is 16.7. The van der Waals surface area contributed by atoms with Gasteiger partial charge in [-0.1, -0.05) is 39.0 Å². The van der Waals surface area contributed by atoms with Crippen LogP contribution >= 0.6 is 0 Å². The van der Waals surface area contributed by atoms with E-state index in [2.05, 4.69) is 35.8 Å². The summed E-state index contributed by atoms with van der Waals surface area (Å²) in [5.74, 6) is -0.805.